The summed E-state index contributed by atoms with van der Waals surface area (Å²) in [6, 6.07) is 5.88. The van der Waals surface area contributed by atoms with E-state index in [1.165, 1.54) is 6.07 Å². The van der Waals surface area contributed by atoms with Gasteiger partial charge in [0.1, 0.15) is 5.82 Å². The fourth-order valence-electron chi connectivity index (χ4n) is 2.67. The van der Waals surface area contributed by atoms with Crippen LogP contribution in [0.2, 0.25) is 0 Å². The summed E-state index contributed by atoms with van der Waals surface area (Å²) in [6.45, 7) is 12.9. The van der Waals surface area contributed by atoms with Crippen LogP contribution in [-0.2, 0) is 0 Å². The van der Waals surface area contributed by atoms with Crippen molar-refractivity contribution in [2.24, 2.45) is 5.41 Å². The minimum absolute atomic E-state index is 0.154. The first-order valence-electron chi connectivity index (χ1n) is 7.05. The number of hydrogen-bond donors (Lipinski definition) is 1. The predicted molar refractivity (Wildman–Crippen MR) is 79.2 cm³/mol. The van der Waals surface area contributed by atoms with E-state index in [0.717, 1.165) is 24.3 Å². The van der Waals surface area contributed by atoms with Crippen LogP contribution in [0, 0.1) is 18.2 Å². The number of nitrogens with one attached hydrogen (secondary N) is 1. The monoisotopic (exact) mass is 264 g/mol. The Balaban J connectivity index is 2.28. The Bertz CT molecular complexity index is 451. The van der Waals surface area contributed by atoms with Crippen LogP contribution in [0.3, 0.4) is 0 Å². The number of hydrogen-bond acceptors (Lipinski definition) is 2. The van der Waals surface area contributed by atoms with Gasteiger partial charge in [-0.05, 0) is 37.0 Å². The van der Waals surface area contributed by atoms with Crippen molar-refractivity contribution in [3.8, 4) is 0 Å². The normalized spacial score (nSPS) is 24.6. The first kappa shape index (κ1) is 14.3. The van der Waals surface area contributed by atoms with Gasteiger partial charge in [0, 0.05) is 30.9 Å². The van der Waals surface area contributed by atoms with Crippen molar-refractivity contribution >= 4 is 5.69 Å². The van der Waals surface area contributed by atoms with Crippen LogP contribution in [0.1, 0.15) is 33.3 Å². The Morgan fingerprint density at radius 3 is 2.63 bits per heavy atom. The third-order valence-electron chi connectivity index (χ3n) is 4.10. The van der Waals surface area contributed by atoms with Crippen LogP contribution in [-0.4, -0.2) is 25.2 Å². The van der Waals surface area contributed by atoms with Gasteiger partial charge in [-0.1, -0.05) is 26.8 Å². The molecule has 1 N–H and O–H groups in total. The highest BCUT2D eigenvalue weighted by molar-refractivity contribution is 5.54. The molecule has 1 fully saturated rings. The highest BCUT2D eigenvalue weighted by atomic mass is 19.1. The van der Waals surface area contributed by atoms with E-state index in [9.17, 15) is 4.39 Å². The van der Waals surface area contributed by atoms with Gasteiger partial charge in [-0.25, -0.2) is 4.39 Å². The molecule has 2 unspecified atom stereocenters. The van der Waals surface area contributed by atoms with E-state index in [1.54, 1.807) is 6.07 Å². The smallest absolute Gasteiger partial charge is 0.125 e. The molecule has 2 nitrogen and oxygen atoms in total. The number of piperazine rings is 1. The van der Waals surface area contributed by atoms with Gasteiger partial charge in [0.05, 0.1) is 0 Å². The van der Waals surface area contributed by atoms with Gasteiger partial charge in [0.2, 0.25) is 0 Å². The summed E-state index contributed by atoms with van der Waals surface area (Å²) in [7, 11) is 0. The van der Waals surface area contributed by atoms with Crippen LogP contribution in [0.5, 0.6) is 0 Å². The van der Waals surface area contributed by atoms with E-state index in [2.05, 4.69) is 44.8 Å². The largest absolute Gasteiger partial charge is 0.366 e. The molecule has 0 aliphatic carbocycles. The highest BCUT2D eigenvalue weighted by Gasteiger charge is 2.32. The fourth-order valence-corrected chi connectivity index (χ4v) is 2.67. The van der Waals surface area contributed by atoms with Crippen molar-refractivity contribution in [2.75, 3.05) is 18.0 Å². The molecule has 0 amide bonds. The SMILES string of the molecule is Cc1ccc(F)cc1N1CC(C(C)(C)C)NCC1C. The summed E-state index contributed by atoms with van der Waals surface area (Å²) in [4.78, 5) is 2.34. The molecular formula is C16H25FN2. The van der Waals surface area contributed by atoms with Gasteiger partial charge >= 0.3 is 0 Å². The molecule has 1 aromatic rings. The summed E-state index contributed by atoms with van der Waals surface area (Å²) in [5.41, 5.74) is 2.38. The lowest BCUT2D eigenvalue weighted by molar-refractivity contribution is 0.238. The number of benzene rings is 1. The van der Waals surface area contributed by atoms with Crippen LogP contribution < -0.4 is 10.2 Å². The molecule has 0 bridgehead atoms. The molecule has 1 aromatic carbocycles. The highest BCUT2D eigenvalue weighted by Crippen LogP contribution is 2.29. The Morgan fingerprint density at radius 1 is 1.32 bits per heavy atom. The summed E-state index contributed by atoms with van der Waals surface area (Å²) in [6.07, 6.45) is 0. The van der Waals surface area contributed by atoms with Crippen molar-refractivity contribution in [2.45, 2.75) is 46.7 Å². The van der Waals surface area contributed by atoms with Crippen LogP contribution in [0.15, 0.2) is 18.2 Å². The molecule has 2 rings (SSSR count). The topological polar surface area (TPSA) is 15.3 Å². The summed E-state index contributed by atoms with van der Waals surface area (Å²) < 4.78 is 13.5. The van der Waals surface area contributed by atoms with E-state index in [0.29, 0.717) is 12.1 Å². The molecule has 1 heterocycles. The molecule has 19 heavy (non-hydrogen) atoms. The summed E-state index contributed by atoms with van der Waals surface area (Å²) in [5, 5.41) is 3.61. The van der Waals surface area contributed by atoms with Gasteiger partial charge < -0.3 is 10.2 Å². The average Bonchev–Trinajstić information content (AvgIpc) is 2.32. The van der Waals surface area contributed by atoms with Crippen LogP contribution in [0.4, 0.5) is 10.1 Å². The fraction of sp³-hybridized carbons (Fsp3) is 0.625. The van der Waals surface area contributed by atoms with Crippen LogP contribution >= 0.6 is 0 Å². The Kier molecular flexibility index (Phi) is 3.86. The maximum Gasteiger partial charge on any atom is 0.125 e. The zero-order valence-corrected chi connectivity index (χ0v) is 12.6. The summed E-state index contributed by atoms with van der Waals surface area (Å²) >= 11 is 0. The van der Waals surface area contributed by atoms with E-state index >= 15 is 0 Å². The maximum atomic E-state index is 13.5. The minimum Gasteiger partial charge on any atom is -0.366 e. The number of anilines is 1. The van der Waals surface area contributed by atoms with Gasteiger partial charge in [0.25, 0.3) is 0 Å². The second-order valence-corrected chi connectivity index (χ2v) is 6.76. The zero-order valence-electron chi connectivity index (χ0n) is 12.6. The van der Waals surface area contributed by atoms with E-state index in [1.807, 2.05) is 6.07 Å². The van der Waals surface area contributed by atoms with Gasteiger partial charge in [-0.2, -0.15) is 0 Å². The molecule has 0 spiro atoms. The quantitative estimate of drug-likeness (QED) is 0.837. The van der Waals surface area contributed by atoms with E-state index in [-0.39, 0.29) is 11.2 Å². The molecule has 0 aromatic heterocycles. The molecule has 2 atom stereocenters. The van der Waals surface area contributed by atoms with Gasteiger partial charge in [0.15, 0.2) is 0 Å². The van der Waals surface area contributed by atoms with Crippen molar-refractivity contribution < 1.29 is 4.39 Å². The van der Waals surface area contributed by atoms with E-state index in [4.69, 9.17) is 0 Å². The lowest BCUT2D eigenvalue weighted by Gasteiger charge is -2.45. The number of aryl methyl sites for hydroxylation is 1. The maximum absolute atomic E-state index is 13.5. The Labute approximate surface area is 116 Å². The predicted octanol–water partition coefficient (Wildman–Crippen LogP) is 3.35. The number of rotatable bonds is 1. The lowest BCUT2D eigenvalue weighted by atomic mass is 9.84. The zero-order chi connectivity index (χ0) is 14.2. The second kappa shape index (κ2) is 5.12. The first-order valence-corrected chi connectivity index (χ1v) is 7.05. The van der Waals surface area contributed by atoms with Crippen molar-refractivity contribution in [3.05, 3.63) is 29.6 Å². The lowest BCUT2D eigenvalue weighted by Crippen LogP contribution is -2.59. The standard InChI is InChI=1S/C16H25FN2/c1-11-6-7-13(17)8-14(11)19-10-15(16(3,4)5)18-9-12(19)2/h6-8,12,15,18H,9-10H2,1-5H3. The molecule has 3 heteroatoms. The second-order valence-electron chi connectivity index (χ2n) is 6.76. The molecule has 0 saturated carbocycles. The number of nitrogens with zero attached hydrogens (tertiary/aromatic N) is 1. The third kappa shape index (κ3) is 3.08. The van der Waals surface area contributed by atoms with Gasteiger partial charge in [-0.15, -0.1) is 0 Å². The van der Waals surface area contributed by atoms with Crippen LogP contribution in [0.25, 0.3) is 0 Å². The average molecular weight is 264 g/mol. The Morgan fingerprint density at radius 2 is 2.00 bits per heavy atom. The van der Waals surface area contributed by atoms with Crippen molar-refractivity contribution in [1.29, 1.82) is 0 Å². The van der Waals surface area contributed by atoms with Crippen molar-refractivity contribution in [1.82, 2.24) is 5.32 Å². The molecule has 0 radical (unpaired) electrons. The summed E-state index contributed by atoms with van der Waals surface area (Å²) in [5.74, 6) is -0.154. The molecule has 1 aliphatic heterocycles. The molecule has 106 valence electrons. The van der Waals surface area contributed by atoms with Gasteiger partial charge in [-0.3, -0.25) is 0 Å². The van der Waals surface area contributed by atoms with E-state index < -0.39 is 0 Å². The minimum atomic E-state index is -0.154. The number of halogens is 1. The third-order valence-corrected chi connectivity index (χ3v) is 4.10. The van der Waals surface area contributed by atoms with Crippen molar-refractivity contribution in [3.63, 3.8) is 0 Å². The molecule has 1 saturated heterocycles. The first-order chi connectivity index (χ1) is 8.79. The Hall–Kier alpha value is -1.09. The molecular weight excluding hydrogens is 239 g/mol. The molecule has 1 aliphatic rings.